The number of benzene rings is 1. The molecule has 0 aliphatic heterocycles. The van der Waals surface area contributed by atoms with E-state index in [-0.39, 0.29) is 0 Å². The monoisotopic (exact) mass is 314 g/mol. The summed E-state index contributed by atoms with van der Waals surface area (Å²) < 4.78 is 38.7. The summed E-state index contributed by atoms with van der Waals surface area (Å²) in [5.74, 6) is 0. The van der Waals surface area contributed by atoms with Crippen molar-refractivity contribution in [1.29, 1.82) is 0 Å². The Morgan fingerprint density at radius 1 is 1.00 bits per heavy atom. The van der Waals surface area contributed by atoms with Gasteiger partial charge in [0.05, 0.1) is 0 Å². The first-order valence-electron chi connectivity index (χ1n) is 6.64. The summed E-state index contributed by atoms with van der Waals surface area (Å²) in [7, 11) is 0. The van der Waals surface area contributed by atoms with Gasteiger partial charge in [-0.25, -0.2) is 0 Å². The van der Waals surface area contributed by atoms with Crippen LogP contribution in [0.2, 0.25) is 9.95 Å². The molecule has 0 bridgehead atoms. The number of alkyl halides is 3. The molecule has 0 atom stereocenters. The molecule has 0 amide bonds. The topological polar surface area (TPSA) is 0 Å². The zero-order valence-corrected chi connectivity index (χ0v) is 13.5. The van der Waals surface area contributed by atoms with Gasteiger partial charge in [0.2, 0.25) is 0 Å². The standard InChI is InChI=1S/C8H6F3.2C3H7.Ga/c1-6-4-2-3-5-7(6)8(9,10)11;2*1-3-2;/h2-5H,1H2;2*1,3H2,2H3;. The number of hydrogen-bond donors (Lipinski definition) is 0. The molecule has 0 aliphatic carbocycles. The number of hydrogen-bond acceptors (Lipinski definition) is 0. The fraction of sp³-hybridized carbons (Fsp3) is 0.571. The van der Waals surface area contributed by atoms with Crippen LogP contribution in [0.4, 0.5) is 13.2 Å². The van der Waals surface area contributed by atoms with Crippen LogP contribution in [0.25, 0.3) is 0 Å². The molecule has 1 aromatic rings. The van der Waals surface area contributed by atoms with Gasteiger partial charge in [-0.1, -0.05) is 0 Å². The molecule has 18 heavy (non-hydrogen) atoms. The Balaban J connectivity index is 2.88. The van der Waals surface area contributed by atoms with E-state index in [1.165, 1.54) is 22.1 Å². The molecule has 0 unspecified atom stereocenters. The molecular formula is C14H20F3Ga. The van der Waals surface area contributed by atoms with Gasteiger partial charge in [0.1, 0.15) is 0 Å². The third kappa shape index (κ3) is 4.73. The first kappa shape index (κ1) is 15.7. The molecule has 100 valence electrons. The summed E-state index contributed by atoms with van der Waals surface area (Å²) in [5.41, 5.74) is 0.102. The van der Waals surface area contributed by atoms with Gasteiger partial charge in [0.15, 0.2) is 0 Å². The quantitative estimate of drug-likeness (QED) is 0.641. The van der Waals surface area contributed by atoms with E-state index in [1.807, 2.05) is 0 Å². The molecule has 0 saturated carbocycles. The minimum atomic E-state index is -4.21. The van der Waals surface area contributed by atoms with Crippen LogP contribution in [-0.4, -0.2) is 16.2 Å². The van der Waals surface area contributed by atoms with Crippen molar-refractivity contribution in [3.05, 3.63) is 35.4 Å². The third-order valence-electron chi connectivity index (χ3n) is 3.23. The van der Waals surface area contributed by atoms with Crippen molar-refractivity contribution < 1.29 is 13.2 Å². The molecule has 0 spiro atoms. The van der Waals surface area contributed by atoms with E-state index in [0.29, 0.717) is 5.56 Å². The molecule has 0 N–H and O–H groups in total. The van der Waals surface area contributed by atoms with Crippen LogP contribution in [0, 0.1) is 0 Å². The van der Waals surface area contributed by atoms with Crippen LogP contribution >= 0.6 is 0 Å². The maximum atomic E-state index is 12.9. The number of halogens is 3. The predicted molar refractivity (Wildman–Crippen MR) is 71.1 cm³/mol. The van der Waals surface area contributed by atoms with Crippen LogP contribution in [-0.2, 0) is 11.2 Å². The normalized spacial score (nSPS) is 11.6. The van der Waals surface area contributed by atoms with Gasteiger partial charge in [-0.3, -0.25) is 0 Å². The summed E-state index contributed by atoms with van der Waals surface area (Å²) >= 11 is -1.56. The van der Waals surface area contributed by atoms with E-state index < -0.39 is 28.0 Å². The molecule has 0 fully saturated rings. The van der Waals surface area contributed by atoms with Crippen molar-refractivity contribution in [1.82, 2.24) is 0 Å². The molecule has 0 heterocycles. The number of rotatable bonds is 6. The molecule has 0 saturated heterocycles. The Hall–Kier alpha value is -0.354. The van der Waals surface area contributed by atoms with Crippen LogP contribution < -0.4 is 0 Å². The second-order valence-corrected chi connectivity index (χ2v) is 11.7. The van der Waals surface area contributed by atoms with E-state index >= 15 is 0 Å². The summed E-state index contributed by atoms with van der Waals surface area (Å²) in [5, 5.41) is 0. The van der Waals surface area contributed by atoms with Crippen molar-refractivity contribution in [3.8, 4) is 0 Å². The van der Waals surface area contributed by atoms with Gasteiger partial charge in [0, 0.05) is 0 Å². The Kier molecular flexibility index (Phi) is 6.36. The Morgan fingerprint density at radius 2 is 1.56 bits per heavy atom. The fourth-order valence-corrected chi connectivity index (χ4v) is 9.39. The molecule has 4 heteroatoms. The van der Waals surface area contributed by atoms with E-state index in [2.05, 4.69) is 13.8 Å². The average molecular weight is 315 g/mol. The van der Waals surface area contributed by atoms with E-state index in [0.717, 1.165) is 17.8 Å². The fourth-order valence-electron chi connectivity index (χ4n) is 2.45. The minimum absolute atomic E-state index is 0.423. The zero-order chi connectivity index (χ0) is 13.6. The second kappa shape index (κ2) is 7.29. The third-order valence-corrected chi connectivity index (χ3v) is 11.2. The van der Waals surface area contributed by atoms with E-state index in [9.17, 15) is 13.2 Å². The van der Waals surface area contributed by atoms with Crippen molar-refractivity contribution >= 4 is 16.2 Å². The molecule has 1 rings (SSSR count). The summed E-state index contributed by atoms with van der Waals surface area (Å²) in [6.45, 7) is 4.26. The molecule has 0 aliphatic rings. The summed E-state index contributed by atoms with van der Waals surface area (Å²) in [6.07, 6.45) is -1.99. The van der Waals surface area contributed by atoms with Gasteiger partial charge in [-0.2, -0.15) is 0 Å². The predicted octanol–water partition coefficient (Wildman–Crippen LogP) is 5.10. The van der Waals surface area contributed by atoms with E-state index in [1.54, 1.807) is 12.1 Å². The summed E-state index contributed by atoms with van der Waals surface area (Å²) in [4.78, 5) is 3.10. The van der Waals surface area contributed by atoms with E-state index in [4.69, 9.17) is 0 Å². The van der Waals surface area contributed by atoms with Crippen molar-refractivity contribution in [2.24, 2.45) is 0 Å². The molecule has 0 nitrogen and oxygen atoms in total. The SMILES string of the molecule is CC[CH2][Ga]([CH2]CC)[CH2]c1ccccc1C(F)(F)F. The van der Waals surface area contributed by atoms with Crippen LogP contribution in [0.1, 0.15) is 37.8 Å². The first-order valence-corrected chi connectivity index (χ1v) is 11.8. The Bertz CT molecular complexity index is 354. The Morgan fingerprint density at radius 3 is 2.06 bits per heavy atom. The van der Waals surface area contributed by atoms with Gasteiger partial charge in [-0.15, -0.1) is 0 Å². The molecule has 1 aromatic carbocycles. The van der Waals surface area contributed by atoms with Gasteiger partial charge < -0.3 is 0 Å². The van der Waals surface area contributed by atoms with Crippen LogP contribution in [0.3, 0.4) is 0 Å². The van der Waals surface area contributed by atoms with Crippen molar-refractivity contribution in [2.45, 2.75) is 47.8 Å². The van der Waals surface area contributed by atoms with Gasteiger partial charge in [-0.05, 0) is 0 Å². The van der Waals surface area contributed by atoms with Crippen LogP contribution in [0.5, 0.6) is 0 Å². The maximum absolute atomic E-state index is 12.9. The first-order chi connectivity index (χ1) is 8.49. The van der Waals surface area contributed by atoms with Gasteiger partial charge >= 0.3 is 113 Å². The molecular weight excluding hydrogens is 295 g/mol. The zero-order valence-electron chi connectivity index (χ0n) is 11.1. The molecule has 0 radical (unpaired) electrons. The Labute approximate surface area is 113 Å². The van der Waals surface area contributed by atoms with Gasteiger partial charge in [0.25, 0.3) is 0 Å². The van der Waals surface area contributed by atoms with Crippen molar-refractivity contribution in [2.75, 3.05) is 0 Å². The second-order valence-electron chi connectivity index (χ2n) is 4.80. The average Bonchev–Trinajstić information content (AvgIpc) is 2.29. The summed E-state index contributed by atoms with van der Waals surface area (Å²) in [6, 6.07) is 6.08. The molecule has 0 aromatic heterocycles. The van der Waals surface area contributed by atoms with Crippen LogP contribution in [0.15, 0.2) is 24.3 Å². The van der Waals surface area contributed by atoms with Crippen molar-refractivity contribution in [3.63, 3.8) is 0 Å².